The fraction of sp³-hybridized carbons (Fsp3) is 0.167. The van der Waals surface area contributed by atoms with Gasteiger partial charge in [0.1, 0.15) is 4.60 Å². The lowest BCUT2D eigenvalue weighted by molar-refractivity contribution is 1.15. The first-order chi connectivity index (χ1) is 4.74. The minimum atomic E-state index is 0.745. The maximum absolute atomic E-state index is 5.18. The third kappa shape index (κ3) is 1.46. The molecule has 0 fully saturated rings. The van der Waals surface area contributed by atoms with Gasteiger partial charge in [-0.2, -0.15) is 0 Å². The van der Waals surface area contributed by atoms with E-state index in [0.29, 0.717) is 0 Å². The number of pyridine rings is 1. The molecule has 0 aliphatic heterocycles. The first-order valence-corrected chi connectivity index (χ1v) is 3.63. The maximum Gasteiger partial charge on any atom is 0.130 e. The fourth-order valence-electron chi connectivity index (χ4n) is 0.633. The van der Waals surface area contributed by atoms with Crippen LogP contribution in [0.1, 0.15) is 5.69 Å². The smallest absolute Gasteiger partial charge is 0.130 e. The number of hydrazine groups is 1. The number of nitrogens with two attached hydrogens (primary N) is 1. The van der Waals surface area contributed by atoms with Crippen LogP contribution in [0, 0.1) is 6.92 Å². The molecule has 1 aromatic heterocycles. The molecule has 0 aliphatic carbocycles. The Bertz CT molecular complexity index is 236. The van der Waals surface area contributed by atoms with Gasteiger partial charge in [0.25, 0.3) is 0 Å². The zero-order valence-electron chi connectivity index (χ0n) is 5.56. The van der Waals surface area contributed by atoms with E-state index in [1.165, 1.54) is 0 Å². The van der Waals surface area contributed by atoms with E-state index < -0.39 is 0 Å². The molecule has 54 valence electrons. The highest BCUT2D eigenvalue weighted by molar-refractivity contribution is 9.10. The third-order valence-corrected chi connectivity index (χ3v) is 1.75. The van der Waals surface area contributed by atoms with Crippen molar-refractivity contribution in [3.8, 4) is 0 Å². The second-order valence-corrected chi connectivity index (χ2v) is 2.69. The predicted octanol–water partition coefficient (Wildman–Crippen LogP) is 1.44. The monoisotopic (exact) mass is 201 g/mol. The summed E-state index contributed by atoms with van der Waals surface area (Å²) >= 11 is 3.25. The summed E-state index contributed by atoms with van der Waals surface area (Å²) in [6, 6.07) is 3.76. The van der Waals surface area contributed by atoms with Gasteiger partial charge in [0.15, 0.2) is 0 Å². The van der Waals surface area contributed by atoms with E-state index in [9.17, 15) is 0 Å². The Kier molecular flexibility index (Phi) is 2.24. The lowest BCUT2D eigenvalue weighted by Crippen LogP contribution is -2.07. The molecular formula is C6H8BrN3. The number of rotatable bonds is 1. The van der Waals surface area contributed by atoms with E-state index in [1.54, 1.807) is 0 Å². The standard InChI is InChI=1S/C6H8BrN3/c1-4-2-3-5(10-8)6(7)9-4/h2-3,10H,8H2,1H3. The van der Waals surface area contributed by atoms with Crippen LogP contribution in [-0.4, -0.2) is 4.98 Å². The third-order valence-electron chi connectivity index (χ3n) is 1.14. The minimum Gasteiger partial charge on any atom is -0.322 e. The molecule has 4 heteroatoms. The highest BCUT2D eigenvalue weighted by Gasteiger charge is 1.96. The van der Waals surface area contributed by atoms with Crippen molar-refractivity contribution in [1.82, 2.24) is 4.98 Å². The van der Waals surface area contributed by atoms with Crippen molar-refractivity contribution in [3.63, 3.8) is 0 Å². The molecule has 1 heterocycles. The summed E-state index contributed by atoms with van der Waals surface area (Å²) in [5.41, 5.74) is 4.27. The summed E-state index contributed by atoms with van der Waals surface area (Å²) in [5.74, 6) is 5.18. The molecule has 0 saturated carbocycles. The van der Waals surface area contributed by atoms with E-state index in [4.69, 9.17) is 5.84 Å². The van der Waals surface area contributed by atoms with Crippen LogP contribution in [0.25, 0.3) is 0 Å². The van der Waals surface area contributed by atoms with Crippen LogP contribution in [-0.2, 0) is 0 Å². The van der Waals surface area contributed by atoms with Gasteiger partial charge in [-0.15, -0.1) is 0 Å². The van der Waals surface area contributed by atoms with Gasteiger partial charge in [-0.25, -0.2) is 4.98 Å². The Hall–Kier alpha value is -0.610. The molecule has 0 aliphatic rings. The molecule has 0 amide bonds. The summed E-state index contributed by atoms with van der Waals surface area (Å²) in [5, 5.41) is 0. The van der Waals surface area contributed by atoms with Gasteiger partial charge in [0, 0.05) is 5.69 Å². The lowest BCUT2D eigenvalue weighted by atomic mass is 10.3. The molecule has 0 radical (unpaired) electrons. The van der Waals surface area contributed by atoms with Crippen LogP contribution in [0.4, 0.5) is 5.69 Å². The van der Waals surface area contributed by atoms with Crippen molar-refractivity contribution < 1.29 is 0 Å². The zero-order valence-corrected chi connectivity index (χ0v) is 7.14. The summed E-state index contributed by atoms with van der Waals surface area (Å²) in [4.78, 5) is 4.12. The van der Waals surface area contributed by atoms with E-state index in [2.05, 4.69) is 26.3 Å². The topological polar surface area (TPSA) is 50.9 Å². The summed E-state index contributed by atoms with van der Waals surface area (Å²) < 4.78 is 0.745. The second kappa shape index (κ2) is 2.98. The van der Waals surface area contributed by atoms with Gasteiger partial charge in [-0.05, 0) is 35.0 Å². The number of nitrogens with one attached hydrogen (secondary N) is 1. The van der Waals surface area contributed by atoms with Crippen molar-refractivity contribution in [2.24, 2.45) is 5.84 Å². The molecule has 1 rings (SSSR count). The highest BCUT2D eigenvalue weighted by Crippen LogP contribution is 2.17. The van der Waals surface area contributed by atoms with Crippen LogP contribution in [0.5, 0.6) is 0 Å². The molecule has 0 bridgehead atoms. The zero-order chi connectivity index (χ0) is 7.56. The molecule has 1 aromatic rings. The number of anilines is 1. The van der Waals surface area contributed by atoms with E-state index in [0.717, 1.165) is 16.0 Å². The molecule has 0 spiro atoms. The summed E-state index contributed by atoms with van der Waals surface area (Å²) in [6.45, 7) is 1.92. The Morgan fingerprint density at radius 1 is 1.60 bits per heavy atom. The minimum absolute atomic E-state index is 0.745. The number of hydrogen-bond donors (Lipinski definition) is 2. The van der Waals surface area contributed by atoms with Crippen LogP contribution >= 0.6 is 15.9 Å². The van der Waals surface area contributed by atoms with Gasteiger partial charge in [0.05, 0.1) is 5.69 Å². The van der Waals surface area contributed by atoms with Crippen LogP contribution in [0.3, 0.4) is 0 Å². The van der Waals surface area contributed by atoms with Crippen LogP contribution in [0.15, 0.2) is 16.7 Å². The average Bonchev–Trinajstić information content (AvgIpc) is 1.88. The van der Waals surface area contributed by atoms with E-state index in [1.807, 2.05) is 19.1 Å². The van der Waals surface area contributed by atoms with Gasteiger partial charge in [-0.1, -0.05) is 0 Å². The number of hydrogen-bond acceptors (Lipinski definition) is 3. The summed E-state index contributed by atoms with van der Waals surface area (Å²) in [7, 11) is 0. The molecule has 0 atom stereocenters. The van der Waals surface area contributed by atoms with Crippen LogP contribution in [0.2, 0.25) is 0 Å². The number of halogens is 1. The van der Waals surface area contributed by atoms with Crippen molar-refractivity contribution in [1.29, 1.82) is 0 Å². The fourth-order valence-corrected chi connectivity index (χ4v) is 1.16. The predicted molar refractivity (Wildman–Crippen MR) is 44.5 cm³/mol. The van der Waals surface area contributed by atoms with E-state index >= 15 is 0 Å². The molecular weight excluding hydrogens is 194 g/mol. The molecule has 0 unspecified atom stereocenters. The maximum atomic E-state index is 5.18. The highest BCUT2D eigenvalue weighted by atomic mass is 79.9. The number of aromatic nitrogens is 1. The Balaban J connectivity index is 3.07. The van der Waals surface area contributed by atoms with Gasteiger partial charge in [0.2, 0.25) is 0 Å². The average molecular weight is 202 g/mol. The molecule has 3 N–H and O–H groups in total. The van der Waals surface area contributed by atoms with E-state index in [-0.39, 0.29) is 0 Å². The van der Waals surface area contributed by atoms with Gasteiger partial charge >= 0.3 is 0 Å². The number of nitrogens with zero attached hydrogens (tertiary/aromatic N) is 1. The Morgan fingerprint density at radius 3 is 2.80 bits per heavy atom. The molecule has 0 aromatic carbocycles. The molecule has 3 nitrogen and oxygen atoms in total. The molecule has 0 saturated heterocycles. The van der Waals surface area contributed by atoms with Gasteiger partial charge < -0.3 is 5.43 Å². The largest absolute Gasteiger partial charge is 0.322 e. The normalized spacial score (nSPS) is 9.50. The van der Waals surface area contributed by atoms with Crippen molar-refractivity contribution >= 4 is 21.6 Å². The van der Waals surface area contributed by atoms with Crippen molar-refractivity contribution in [2.75, 3.05) is 5.43 Å². The van der Waals surface area contributed by atoms with Gasteiger partial charge in [-0.3, -0.25) is 5.84 Å². The first kappa shape index (κ1) is 7.50. The van der Waals surface area contributed by atoms with Crippen molar-refractivity contribution in [3.05, 3.63) is 22.4 Å². The Labute approximate surface area is 67.7 Å². The van der Waals surface area contributed by atoms with Crippen molar-refractivity contribution in [2.45, 2.75) is 6.92 Å². The Morgan fingerprint density at radius 2 is 2.30 bits per heavy atom. The first-order valence-electron chi connectivity index (χ1n) is 2.84. The number of nitrogen functional groups attached to an aromatic ring is 1. The quantitative estimate of drug-likeness (QED) is 0.411. The number of aryl methyl sites for hydroxylation is 1. The summed E-state index contributed by atoms with van der Waals surface area (Å²) in [6.07, 6.45) is 0. The van der Waals surface area contributed by atoms with Crippen LogP contribution < -0.4 is 11.3 Å². The lowest BCUT2D eigenvalue weighted by Gasteiger charge is -2.01. The SMILES string of the molecule is Cc1ccc(NN)c(Br)n1. The second-order valence-electron chi connectivity index (χ2n) is 1.94. The molecule has 10 heavy (non-hydrogen) atoms.